The van der Waals surface area contributed by atoms with Crippen LogP contribution in [0, 0.1) is 0 Å². The van der Waals surface area contributed by atoms with Crippen molar-refractivity contribution < 1.29 is 28.6 Å². The van der Waals surface area contributed by atoms with E-state index in [9.17, 15) is 14.4 Å². The normalized spacial score (nSPS) is 12.4. The molecule has 0 saturated carbocycles. The van der Waals surface area contributed by atoms with E-state index in [-0.39, 0.29) is 37.5 Å². The van der Waals surface area contributed by atoms with Gasteiger partial charge in [0.2, 0.25) is 0 Å². The van der Waals surface area contributed by atoms with Gasteiger partial charge in [-0.2, -0.15) is 0 Å². The second-order valence-corrected chi connectivity index (χ2v) is 17.8. The maximum Gasteiger partial charge on any atom is 0.306 e. The van der Waals surface area contributed by atoms with Gasteiger partial charge in [-0.3, -0.25) is 14.4 Å². The molecule has 0 bridgehead atoms. The fraction of sp³-hybridized carbons (Fsp3) is 0.804. The summed E-state index contributed by atoms with van der Waals surface area (Å²) in [5, 5.41) is 0. The van der Waals surface area contributed by atoms with Crippen LogP contribution in [0.2, 0.25) is 0 Å². The number of hydrogen-bond donors (Lipinski definition) is 0. The molecule has 360 valence electrons. The Bertz CT molecular complexity index is 1090. The summed E-state index contributed by atoms with van der Waals surface area (Å²) in [5.41, 5.74) is 0. The van der Waals surface area contributed by atoms with Crippen molar-refractivity contribution in [2.45, 2.75) is 277 Å². The van der Waals surface area contributed by atoms with Gasteiger partial charge in [0.25, 0.3) is 0 Å². The van der Waals surface area contributed by atoms with Crippen molar-refractivity contribution in [1.29, 1.82) is 0 Å². The maximum atomic E-state index is 12.7. The quantitative estimate of drug-likeness (QED) is 0.0262. The zero-order chi connectivity index (χ0) is 45.1. The molecule has 0 heterocycles. The zero-order valence-corrected chi connectivity index (χ0v) is 41.1. The number of rotatable bonds is 48. The van der Waals surface area contributed by atoms with Crippen LogP contribution in [0.3, 0.4) is 0 Å². The third kappa shape index (κ3) is 48.4. The lowest BCUT2D eigenvalue weighted by Gasteiger charge is -2.18. The van der Waals surface area contributed by atoms with Gasteiger partial charge in [-0.1, -0.05) is 211 Å². The summed E-state index contributed by atoms with van der Waals surface area (Å²) in [5.74, 6) is -0.990. The molecule has 6 nitrogen and oxygen atoms in total. The van der Waals surface area contributed by atoms with Gasteiger partial charge in [0.15, 0.2) is 6.10 Å². The lowest BCUT2D eigenvalue weighted by Crippen LogP contribution is -2.30. The van der Waals surface area contributed by atoms with E-state index >= 15 is 0 Å². The highest BCUT2D eigenvalue weighted by Gasteiger charge is 2.19. The maximum absolute atomic E-state index is 12.7. The molecule has 0 aliphatic rings. The fourth-order valence-corrected chi connectivity index (χ4v) is 7.48. The van der Waals surface area contributed by atoms with Crippen LogP contribution in [0.5, 0.6) is 0 Å². The minimum atomic E-state index is -0.811. The van der Waals surface area contributed by atoms with Crippen molar-refractivity contribution in [3.63, 3.8) is 0 Å². The molecule has 6 heteroatoms. The van der Waals surface area contributed by atoms with Gasteiger partial charge in [-0.05, 0) is 89.9 Å². The Balaban J connectivity index is 4.42. The number of unbranched alkanes of at least 4 members (excludes halogenated alkanes) is 29. The highest BCUT2D eigenvalue weighted by atomic mass is 16.6. The average Bonchev–Trinajstić information content (AvgIpc) is 3.27. The molecular weight excluding hydrogens is 769 g/mol. The Kier molecular flexibility index (Phi) is 48.8. The van der Waals surface area contributed by atoms with E-state index in [1.165, 1.54) is 154 Å². The van der Waals surface area contributed by atoms with Crippen LogP contribution in [0.25, 0.3) is 0 Å². The van der Waals surface area contributed by atoms with Crippen molar-refractivity contribution in [1.82, 2.24) is 0 Å². The molecule has 0 saturated heterocycles. The van der Waals surface area contributed by atoms with Crippen molar-refractivity contribution in [2.24, 2.45) is 0 Å². The van der Waals surface area contributed by atoms with E-state index in [0.717, 1.165) is 70.6 Å². The van der Waals surface area contributed by atoms with Gasteiger partial charge in [-0.15, -0.1) is 0 Å². The molecule has 0 aromatic rings. The summed E-state index contributed by atoms with van der Waals surface area (Å²) < 4.78 is 16.7. The highest BCUT2D eigenvalue weighted by Crippen LogP contribution is 2.14. The fourth-order valence-electron chi connectivity index (χ4n) is 7.48. The molecule has 62 heavy (non-hydrogen) atoms. The standard InChI is InChI=1S/C56H100O6/c1-4-7-10-13-16-19-22-25-26-27-28-29-32-34-37-40-43-46-49-55(58)61-52-53(62-56(59)50-47-44-41-38-35-31-24-21-18-15-12-9-6-3)51-60-54(57)48-45-42-39-36-33-30-23-20-17-14-11-8-5-2/h28-31,33,35,41,44,53H,4-27,32,34,36-40,42-43,45-52H2,1-3H3/b29-28-,33-30-,35-31-,44-41-. The lowest BCUT2D eigenvalue weighted by molar-refractivity contribution is -0.166. The zero-order valence-electron chi connectivity index (χ0n) is 41.1. The van der Waals surface area contributed by atoms with E-state index in [4.69, 9.17) is 14.2 Å². The first kappa shape index (κ1) is 59.4. The second kappa shape index (κ2) is 51.0. The topological polar surface area (TPSA) is 78.9 Å². The van der Waals surface area contributed by atoms with Gasteiger partial charge < -0.3 is 14.2 Å². The monoisotopic (exact) mass is 869 g/mol. The van der Waals surface area contributed by atoms with Gasteiger partial charge >= 0.3 is 17.9 Å². The summed E-state index contributed by atoms with van der Waals surface area (Å²) >= 11 is 0. The minimum absolute atomic E-state index is 0.104. The smallest absolute Gasteiger partial charge is 0.306 e. The van der Waals surface area contributed by atoms with Crippen LogP contribution in [0.1, 0.15) is 271 Å². The third-order valence-electron chi connectivity index (χ3n) is 11.5. The van der Waals surface area contributed by atoms with Gasteiger partial charge in [-0.25, -0.2) is 0 Å². The molecule has 0 radical (unpaired) electrons. The highest BCUT2D eigenvalue weighted by molar-refractivity contribution is 5.71. The second-order valence-electron chi connectivity index (χ2n) is 17.8. The van der Waals surface area contributed by atoms with E-state index in [1.54, 1.807) is 0 Å². The largest absolute Gasteiger partial charge is 0.462 e. The predicted octanol–water partition coefficient (Wildman–Crippen LogP) is 17.5. The molecule has 0 fully saturated rings. The van der Waals surface area contributed by atoms with Crippen molar-refractivity contribution in [2.75, 3.05) is 13.2 Å². The first-order chi connectivity index (χ1) is 30.5. The van der Waals surface area contributed by atoms with Crippen LogP contribution in [-0.4, -0.2) is 37.2 Å². The number of carbonyl (C=O) groups is 3. The Hall–Kier alpha value is -2.63. The molecule has 0 N–H and O–H groups in total. The molecule has 0 aliphatic heterocycles. The van der Waals surface area contributed by atoms with Gasteiger partial charge in [0.05, 0.1) is 0 Å². The molecule has 1 unspecified atom stereocenters. The van der Waals surface area contributed by atoms with Crippen molar-refractivity contribution >= 4 is 17.9 Å². The first-order valence-electron chi connectivity index (χ1n) is 26.6. The predicted molar refractivity (Wildman–Crippen MR) is 265 cm³/mol. The van der Waals surface area contributed by atoms with Crippen LogP contribution >= 0.6 is 0 Å². The van der Waals surface area contributed by atoms with E-state index < -0.39 is 6.10 Å². The van der Waals surface area contributed by atoms with Crippen LogP contribution in [0.4, 0.5) is 0 Å². The lowest BCUT2D eigenvalue weighted by atomic mass is 10.1. The van der Waals surface area contributed by atoms with Gasteiger partial charge in [0, 0.05) is 19.3 Å². The van der Waals surface area contributed by atoms with Gasteiger partial charge in [0.1, 0.15) is 13.2 Å². The number of carbonyl (C=O) groups excluding carboxylic acids is 3. The van der Waals surface area contributed by atoms with Crippen molar-refractivity contribution in [3.05, 3.63) is 48.6 Å². The van der Waals surface area contributed by atoms with Crippen LogP contribution in [-0.2, 0) is 28.6 Å². The number of esters is 3. The number of allylic oxidation sites excluding steroid dienone is 8. The third-order valence-corrected chi connectivity index (χ3v) is 11.5. The minimum Gasteiger partial charge on any atom is -0.462 e. The summed E-state index contributed by atoms with van der Waals surface area (Å²) in [6.45, 7) is 6.57. The Morgan fingerprint density at radius 2 is 0.613 bits per heavy atom. The summed E-state index contributed by atoms with van der Waals surface area (Å²) in [4.78, 5) is 37.9. The average molecular weight is 869 g/mol. The Morgan fingerprint density at radius 1 is 0.323 bits per heavy atom. The Morgan fingerprint density at radius 3 is 0.984 bits per heavy atom. The Labute approximate surface area is 384 Å². The molecule has 0 spiro atoms. The summed E-state index contributed by atoms with van der Waals surface area (Å²) in [6.07, 6.45) is 61.1. The molecule has 1 atom stereocenters. The molecule has 0 aliphatic carbocycles. The summed E-state index contributed by atoms with van der Waals surface area (Å²) in [6, 6.07) is 0. The first-order valence-corrected chi connectivity index (χ1v) is 26.6. The molecule has 0 amide bonds. The summed E-state index contributed by atoms with van der Waals surface area (Å²) in [7, 11) is 0. The molecule has 0 aromatic carbocycles. The van der Waals surface area contributed by atoms with Crippen LogP contribution < -0.4 is 0 Å². The van der Waals surface area contributed by atoms with Crippen molar-refractivity contribution in [3.8, 4) is 0 Å². The number of ether oxygens (including phenoxy) is 3. The molecular formula is C56H100O6. The van der Waals surface area contributed by atoms with E-state index in [0.29, 0.717) is 19.3 Å². The number of hydrogen-bond acceptors (Lipinski definition) is 6. The van der Waals surface area contributed by atoms with E-state index in [2.05, 4.69) is 63.3 Å². The van der Waals surface area contributed by atoms with Crippen LogP contribution in [0.15, 0.2) is 48.6 Å². The SMILES string of the molecule is CCCCCCCC/C=C\C/C=C\CCC(=O)OC(COC(=O)CCCCC/C=C\CCCCCCCC)COC(=O)CCCCCCC/C=C\CCCCCCCCCCC. The van der Waals surface area contributed by atoms with E-state index in [1.807, 2.05) is 6.08 Å². The molecule has 0 rings (SSSR count). The molecule has 0 aromatic heterocycles.